The smallest absolute Gasteiger partial charge is 0.271 e. The number of likely N-dealkylation sites (tertiary alicyclic amines) is 1. The van der Waals surface area contributed by atoms with E-state index in [1.807, 2.05) is 37.3 Å². The van der Waals surface area contributed by atoms with Crippen LogP contribution in [0.3, 0.4) is 0 Å². The molecule has 2 aromatic carbocycles. The van der Waals surface area contributed by atoms with Crippen LogP contribution in [0.15, 0.2) is 66.5 Å². The Kier molecular flexibility index (Phi) is 7.01. The van der Waals surface area contributed by atoms with Crippen molar-refractivity contribution in [3.8, 4) is 5.88 Å². The van der Waals surface area contributed by atoms with Gasteiger partial charge in [0.25, 0.3) is 5.91 Å². The van der Waals surface area contributed by atoms with Crippen LogP contribution in [0.1, 0.15) is 52.1 Å². The van der Waals surface area contributed by atoms with E-state index in [1.165, 1.54) is 34.0 Å². The molecular formula is C29H30FN5O2. The molecule has 1 fully saturated rings. The second-order valence-electron chi connectivity index (χ2n) is 9.45. The van der Waals surface area contributed by atoms with E-state index in [2.05, 4.69) is 27.0 Å². The molecule has 4 aromatic rings. The van der Waals surface area contributed by atoms with Gasteiger partial charge in [-0.05, 0) is 68.0 Å². The van der Waals surface area contributed by atoms with Crippen molar-refractivity contribution in [2.75, 3.05) is 19.6 Å². The second kappa shape index (κ2) is 10.5. The third-order valence-electron chi connectivity index (χ3n) is 7.09. The summed E-state index contributed by atoms with van der Waals surface area (Å²) in [6.45, 7) is 4.61. The highest BCUT2D eigenvalue weighted by Crippen LogP contribution is 2.33. The zero-order chi connectivity index (χ0) is 25.9. The lowest BCUT2D eigenvalue weighted by molar-refractivity contribution is 0.0997. The highest BCUT2D eigenvalue weighted by molar-refractivity contribution is 5.96. The van der Waals surface area contributed by atoms with Crippen molar-refractivity contribution < 1.29 is 14.3 Å². The lowest BCUT2D eigenvalue weighted by Gasteiger charge is -2.30. The maximum Gasteiger partial charge on any atom is 0.271 e. The van der Waals surface area contributed by atoms with Gasteiger partial charge >= 0.3 is 0 Å². The molecule has 1 aliphatic heterocycles. The second-order valence-corrected chi connectivity index (χ2v) is 9.45. The number of hydrogen-bond acceptors (Lipinski definition) is 5. The Balaban J connectivity index is 1.26. The number of carbonyl (C=O) groups excluding carboxylic acids is 1. The summed E-state index contributed by atoms with van der Waals surface area (Å²) >= 11 is 0. The maximum atomic E-state index is 13.6. The number of fused-ring (bicyclic) bond motifs is 1. The van der Waals surface area contributed by atoms with E-state index in [-0.39, 0.29) is 23.0 Å². The van der Waals surface area contributed by atoms with Gasteiger partial charge in [0.05, 0.1) is 0 Å². The topological polar surface area (TPSA) is 96.8 Å². The summed E-state index contributed by atoms with van der Waals surface area (Å²) in [5.74, 6) is -0.846. The van der Waals surface area contributed by atoms with Gasteiger partial charge in [-0.3, -0.25) is 9.20 Å². The first-order valence-corrected chi connectivity index (χ1v) is 12.5. The van der Waals surface area contributed by atoms with Gasteiger partial charge in [0, 0.05) is 24.3 Å². The van der Waals surface area contributed by atoms with Crippen molar-refractivity contribution in [3.63, 3.8) is 0 Å². The molecule has 3 N–H and O–H groups in total. The molecule has 2 aromatic heterocycles. The molecule has 1 amide bonds. The van der Waals surface area contributed by atoms with Crippen molar-refractivity contribution in [1.82, 2.24) is 19.3 Å². The van der Waals surface area contributed by atoms with Gasteiger partial charge in [-0.1, -0.05) is 48.0 Å². The Hall–Kier alpha value is -4.04. The summed E-state index contributed by atoms with van der Waals surface area (Å²) in [6, 6.07) is 17.1. The van der Waals surface area contributed by atoms with Crippen LogP contribution in [0.2, 0.25) is 0 Å². The maximum absolute atomic E-state index is 13.6. The summed E-state index contributed by atoms with van der Waals surface area (Å²) < 4.78 is 15.0. The van der Waals surface area contributed by atoms with Crippen molar-refractivity contribution in [2.24, 2.45) is 5.73 Å². The van der Waals surface area contributed by atoms with E-state index >= 15 is 0 Å². The molecule has 0 radical (unpaired) electrons. The lowest BCUT2D eigenvalue weighted by atomic mass is 9.88. The number of nitrogens with two attached hydrogens (primary N) is 1. The number of aryl methyl sites for hydroxylation is 1. The molecule has 7 nitrogen and oxygen atoms in total. The Bertz CT molecular complexity index is 1450. The normalized spacial score (nSPS) is 14.3. The molecule has 3 heterocycles. The van der Waals surface area contributed by atoms with Crippen molar-refractivity contribution in [1.29, 1.82) is 0 Å². The minimum Gasteiger partial charge on any atom is -0.494 e. The fourth-order valence-electron chi connectivity index (χ4n) is 5.18. The van der Waals surface area contributed by atoms with E-state index in [0.717, 1.165) is 55.6 Å². The van der Waals surface area contributed by atoms with E-state index in [0.29, 0.717) is 12.1 Å². The molecule has 0 spiro atoms. The van der Waals surface area contributed by atoms with Gasteiger partial charge in [0.15, 0.2) is 11.3 Å². The molecule has 190 valence electrons. The van der Waals surface area contributed by atoms with E-state index in [9.17, 15) is 14.3 Å². The quantitative estimate of drug-likeness (QED) is 0.390. The van der Waals surface area contributed by atoms with Crippen LogP contribution in [-0.2, 0) is 6.42 Å². The van der Waals surface area contributed by atoms with Gasteiger partial charge in [-0.25, -0.2) is 14.4 Å². The third kappa shape index (κ3) is 5.11. The highest BCUT2D eigenvalue weighted by Gasteiger charge is 2.21. The predicted molar refractivity (Wildman–Crippen MR) is 141 cm³/mol. The monoisotopic (exact) mass is 499 g/mol. The number of carbonyl (C=O) groups is 1. The summed E-state index contributed by atoms with van der Waals surface area (Å²) in [7, 11) is 0. The van der Waals surface area contributed by atoms with Gasteiger partial charge in [-0.15, -0.1) is 0 Å². The molecule has 0 aliphatic carbocycles. The van der Waals surface area contributed by atoms with Crippen LogP contribution in [-0.4, -0.2) is 49.9 Å². The summed E-state index contributed by atoms with van der Waals surface area (Å²) in [5, 5.41) is 10.8. The number of imidazole rings is 1. The van der Waals surface area contributed by atoms with E-state index in [1.54, 1.807) is 0 Å². The van der Waals surface area contributed by atoms with Crippen molar-refractivity contribution >= 4 is 17.1 Å². The molecule has 37 heavy (non-hydrogen) atoms. The van der Waals surface area contributed by atoms with Crippen LogP contribution in [0.4, 0.5) is 4.39 Å². The molecular weight excluding hydrogens is 469 g/mol. The Labute approximate surface area is 215 Å². The average molecular weight is 500 g/mol. The van der Waals surface area contributed by atoms with Crippen molar-refractivity contribution in [3.05, 3.63) is 100 Å². The minimum atomic E-state index is -0.671. The van der Waals surface area contributed by atoms with Gasteiger partial charge in [0.1, 0.15) is 12.1 Å². The predicted octanol–water partition coefficient (Wildman–Crippen LogP) is 4.51. The van der Waals surface area contributed by atoms with Crippen LogP contribution in [0.5, 0.6) is 5.88 Å². The zero-order valence-corrected chi connectivity index (χ0v) is 20.8. The first-order valence-electron chi connectivity index (χ1n) is 12.5. The van der Waals surface area contributed by atoms with Gasteiger partial charge in [-0.2, -0.15) is 0 Å². The summed E-state index contributed by atoms with van der Waals surface area (Å²) in [6.07, 6.45) is 4.80. The van der Waals surface area contributed by atoms with Crippen LogP contribution in [0.25, 0.3) is 11.2 Å². The lowest BCUT2D eigenvalue weighted by Crippen LogP contribution is -2.32. The van der Waals surface area contributed by atoms with Gasteiger partial charge in [0.2, 0.25) is 5.88 Å². The molecule has 1 saturated heterocycles. The molecule has 0 saturated carbocycles. The third-order valence-corrected chi connectivity index (χ3v) is 7.09. The standard InChI is InChI=1S/C29H30FN5O2/c1-19-24(29(37)35-18-32-26(27(31)36)28(35)33-19)8-5-15-34-16-13-22(14-17-34)25(20-6-3-2-4-7-20)21-9-11-23(30)12-10-21/h2-4,6-7,9-12,18,37H,5,8,13-17H2,1H3,(H2,31,36). The molecule has 0 unspecified atom stereocenters. The summed E-state index contributed by atoms with van der Waals surface area (Å²) in [4.78, 5) is 22.5. The number of aromatic nitrogens is 3. The number of hydrogen-bond donors (Lipinski definition) is 2. The number of benzene rings is 2. The fraction of sp³-hybridized carbons (Fsp3) is 0.276. The van der Waals surface area contributed by atoms with E-state index in [4.69, 9.17) is 5.73 Å². The first kappa shape index (κ1) is 24.6. The molecule has 0 atom stereocenters. The number of aromatic hydroxyl groups is 1. The largest absolute Gasteiger partial charge is 0.494 e. The first-order chi connectivity index (χ1) is 17.9. The molecule has 0 bridgehead atoms. The Morgan fingerprint density at radius 2 is 1.73 bits per heavy atom. The van der Waals surface area contributed by atoms with Crippen molar-refractivity contribution in [2.45, 2.75) is 32.6 Å². The summed E-state index contributed by atoms with van der Waals surface area (Å²) in [5.41, 5.74) is 11.9. The minimum absolute atomic E-state index is 0.0534. The number of halogens is 1. The number of amides is 1. The fourth-order valence-corrected chi connectivity index (χ4v) is 5.18. The van der Waals surface area contributed by atoms with Crippen LogP contribution < -0.4 is 5.73 Å². The average Bonchev–Trinajstić information content (AvgIpc) is 3.33. The number of piperidine rings is 1. The number of nitrogens with zero attached hydrogens (tertiary/aromatic N) is 4. The van der Waals surface area contributed by atoms with E-state index < -0.39 is 5.91 Å². The molecule has 5 rings (SSSR count). The van der Waals surface area contributed by atoms with Crippen LogP contribution >= 0.6 is 0 Å². The number of primary amides is 1. The van der Waals surface area contributed by atoms with Crippen LogP contribution in [0, 0.1) is 12.7 Å². The SMILES string of the molecule is Cc1nc2c(C(N)=O)ncn2c(O)c1CCCN1CCC(=C(c2ccccc2)c2ccc(F)cc2)CC1. The zero-order valence-electron chi connectivity index (χ0n) is 20.8. The Morgan fingerprint density at radius 3 is 2.41 bits per heavy atom. The molecule has 1 aliphatic rings. The highest BCUT2D eigenvalue weighted by atomic mass is 19.1. The molecule has 8 heteroatoms. The Morgan fingerprint density at radius 1 is 1.05 bits per heavy atom. The number of rotatable bonds is 7. The van der Waals surface area contributed by atoms with Gasteiger partial charge < -0.3 is 15.7 Å².